The van der Waals surface area contributed by atoms with Crippen molar-refractivity contribution in [1.29, 1.82) is 0 Å². The Morgan fingerprint density at radius 3 is 2.14 bits per heavy atom. The molecule has 2 heterocycles. The van der Waals surface area contributed by atoms with Crippen molar-refractivity contribution in [3.05, 3.63) is 94.0 Å². The van der Waals surface area contributed by atoms with E-state index in [0.29, 0.717) is 29.2 Å². The number of nitrogens with zero attached hydrogens (tertiary/aromatic N) is 3. The zero-order valence-electron chi connectivity index (χ0n) is 24.1. The molecule has 2 aliphatic heterocycles. The first kappa shape index (κ1) is 29.0. The first-order valence-corrected chi connectivity index (χ1v) is 15.8. The summed E-state index contributed by atoms with van der Waals surface area (Å²) in [7, 11) is 0. The molecule has 0 radical (unpaired) electrons. The molecule has 2 amide bonds. The van der Waals surface area contributed by atoms with Crippen molar-refractivity contribution in [2.45, 2.75) is 45.2 Å². The summed E-state index contributed by atoms with van der Waals surface area (Å²) >= 11 is 12.3. The summed E-state index contributed by atoms with van der Waals surface area (Å²) in [5.74, 6) is 0.320. The van der Waals surface area contributed by atoms with Gasteiger partial charge in [-0.1, -0.05) is 77.8 Å². The number of amides is 2. The lowest BCUT2D eigenvalue weighted by Gasteiger charge is -2.42. The predicted octanol–water partition coefficient (Wildman–Crippen LogP) is 7.67. The molecule has 42 heavy (non-hydrogen) atoms. The van der Waals surface area contributed by atoms with Gasteiger partial charge in [0.15, 0.2) is 0 Å². The average molecular weight is 603 g/mol. The van der Waals surface area contributed by atoms with Crippen LogP contribution >= 0.6 is 23.2 Å². The Hall–Kier alpha value is -3.12. The van der Waals surface area contributed by atoms with Crippen molar-refractivity contribution < 1.29 is 9.59 Å². The third kappa shape index (κ3) is 5.88. The molecule has 6 rings (SSSR count). The first-order valence-electron chi connectivity index (χ1n) is 15.1. The monoisotopic (exact) mass is 601 g/mol. The number of halogens is 2. The van der Waals surface area contributed by atoms with E-state index in [2.05, 4.69) is 35.2 Å². The van der Waals surface area contributed by atoms with Gasteiger partial charge in [0.05, 0.1) is 21.5 Å². The summed E-state index contributed by atoms with van der Waals surface area (Å²) in [5, 5.41) is 5.26. The van der Waals surface area contributed by atoms with Crippen LogP contribution in [0, 0.1) is 5.92 Å². The van der Waals surface area contributed by atoms with Crippen molar-refractivity contribution in [2.75, 3.05) is 32.7 Å². The lowest BCUT2D eigenvalue weighted by Crippen LogP contribution is -2.52. The highest BCUT2D eigenvalue weighted by Crippen LogP contribution is 2.32. The smallest absolute Gasteiger partial charge is 0.255 e. The molecule has 1 atom stereocenters. The molecule has 2 aliphatic rings. The van der Waals surface area contributed by atoms with Crippen LogP contribution in [0.25, 0.3) is 21.5 Å². The van der Waals surface area contributed by atoms with Crippen molar-refractivity contribution in [2.24, 2.45) is 5.92 Å². The van der Waals surface area contributed by atoms with Gasteiger partial charge in [-0.2, -0.15) is 0 Å². The minimum atomic E-state index is -0.0109. The van der Waals surface area contributed by atoms with Gasteiger partial charge in [0.1, 0.15) is 0 Å². The standard InChI is InChI=1S/C35H37Cl2N3O2/c1-2-38(22-24-13-14-31(36)32(37)20-24)34(41)27-10-7-17-40(23-27)28-15-18-39(19-16-28)35(42)33-29-11-5-3-8-25(29)21-26-9-4-6-12-30(26)33/h3-6,8-9,11-14,20-21,27-28H,2,7,10,15-19,22-23H2,1H3. The van der Waals surface area contributed by atoms with Gasteiger partial charge < -0.3 is 9.80 Å². The SMILES string of the molecule is CCN(Cc1ccc(Cl)c(Cl)c1)C(=O)C1CCCN(C2CCN(C(=O)c3c4ccccc4cc4ccccc34)CC2)C1. The second kappa shape index (κ2) is 12.6. The molecule has 0 bridgehead atoms. The number of fused-ring (bicyclic) bond motifs is 2. The zero-order valence-corrected chi connectivity index (χ0v) is 25.6. The minimum absolute atomic E-state index is 0.0109. The Balaban J connectivity index is 1.11. The Kier molecular flexibility index (Phi) is 8.71. The Morgan fingerprint density at radius 2 is 1.50 bits per heavy atom. The van der Waals surface area contributed by atoms with Crippen LogP contribution in [0.4, 0.5) is 0 Å². The zero-order chi connectivity index (χ0) is 29.2. The maximum atomic E-state index is 14.0. The average Bonchev–Trinajstić information content (AvgIpc) is 3.03. The molecule has 0 spiro atoms. The summed E-state index contributed by atoms with van der Waals surface area (Å²) in [6.07, 6.45) is 3.78. The van der Waals surface area contributed by atoms with Crippen molar-refractivity contribution in [3.63, 3.8) is 0 Å². The van der Waals surface area contributed by atoms with Gasteiger partial charge in [0.25, 0.3) is 5.91 Å². The summed E-state index contributed by atoms with van der Waals surface area (Å²) in [6.45, 7) is 6.47. The van der Waals surface area contributed by atoms with Gasteiger partial charge in [0, 0.05) is 38.8 Å². The summed E-state index contributed by atoms with van der Waals surface area (Å²) in [4.78, 5) is 34.1. The molecular formula is C35H37Cl2N3O2. The first-order chi connectivity index (χ1) is 20.4. The van der Waals surface area contributed by atoms with Crippen LogP contribution in [0.1, 0.15) is 48.5 Å². The van der Waals surface area contributed by atoms with Crippen molar-refractivity contribution in [3.8, 4) is 0 Å². The molecular weight excluding hydrogens is 565 g/mol. The van der Waals surface area contributed by atoms with Crippen LogP contribution in [0.2, 0.25) is 10.0 Å². The van der Waals surface area contributed by atoms with E-state index in [9.17, 15) is 9.59 Å². The summed E-state index contributed by atoms with van der Waals surface area (Å²) in [6, 6.07) is 24.5. The van der Waals surface area contributed by atoms with Crippen molar-refractivity contribution >= 4 is 56.6 Å². The summed E-state index contributed by atoms with van der Waals surface area (Å²) < 4.78 is 0. The molecule has 7 heteroatoms. The number of carbonyl (C=O) groups is 2. The minimum Gasteiger partial charge on any atom is -0.338 e. The second-order valence-corrected chi connectivity index (χ2v) is 12.5. The van der Waals surface area contributed by atoms with Crippen LogP contribution in [0.3, 0.4) is 0 Å². The van der Waals surface area contributed by atoms with Crippen LogP contribution in [-0.4, -0.2) is 65.3 Å². The van der Waals surface area contributed by atoms with E-state index in [1.165, 1.54) is 0 Å². The molecule has 0 N–H and O–H groups in total. The van der Waals surface area contributed by atoms with Gasteiger partial charge in [-0.15, -0.1) is 0 Å². The molecule has 4 aromatic carbocycles. The lowest BCUT2D eigenvalue weighted by atomic mass is 9.92. The van der Waals surface area contributed by atoms with Crippen LogP contribution in [-0.2, 0) is 11.3 Å². The molecule has 1 unspecified atom stereocenters. The van der Waals surface area contributed by atoms with Gasteiger partial charge in [0.2, 0.25) is 5.91 Å². The molecule has 5 nitrogen and oxygen atoms in total. The molecule has 0 aromatic heterocycles. The van der Waals surface area contributed by atoms with E-state index in [1.54, 1.807) is 6.07 Å². The molecule has 0 aliphatic carbocycles. The Bertz CT molecular complexity index is 1560. The maximum Gasteiger partial charge on any atom is 0.255 e. The number of likely N-dealkylation sites (tertiary alicyclic amines) is 2. The number of carbonyl (C=O) groups excluding carboxylic acids is 2. The van der Waals surface area contributed by atoms with Crippen LogP contribution in [0.15, 0.2) is 72.8 Å². The van der Waals surface area contributed by atoms with E-state index in [0.717, 1.165) is 84.5 Å². The highest BCUT2D eigenvalue weighted by Gasteiger charge is 2.34. The highest BCUT2D eigenvalue weighted by atomic mass is 35.5. The number of piperidine rings is 2. The van der Waals surface area contributed by atoms with E-state index in [-0.39, 0.29) is 17.7 Å². The molecule has 4 aromatic rings. The summed E-state index contributed by atoms with van der Waals surface area (Å²) in [5.41, 5.74) is 1.80. The van der Waals surface area contributed by atoms with E-state index < -0.39 is 0 Å². The third-order valence-corrected chi connectivity index (χ3v) is 9.85. The Labute approximate surface area is 258 Å². The fourth-order valence-corrected chi connectivity index (χ4v) is 7.16. The normalized spacial score (nSPS) is 18.5. The van der Waals surface area contributed by atoms with E-state index >= 15 is 0 Å². The molecule has 0 saturated carbocycles. The largest absolute Gasteiger partial charge is 0.338 e. The fourth-order valence-electron chi connectivity index (χ4n) is 6.84. The number of hydrogen-bond donors (Lipinski definition) is 0. The Morgan fingerprint density at radius 1 is 0.833 bits per heavy atom. The quantitative estimate of drug-likeness (QED) is 0.213. The number of benzene rings is 4. The predicted molar refractivity (Wildman–Crippen MR) is 172 cm³/mol. The van der Waals surface area contributed by atoms with Gasteiger partial charge in [-0.25, -0.2) is 0 Å². The van der Waals surface area contributed by atoms with Crippen molar-refractivity contribution in [1.82, 2.24) is 14.7 Å². The van der Waals surface area contributed by atoms with E-state index in [4.69, 9.17) is 23.2 Å². The molecule has 2 fully saturated rings. The maximum absolute atomic E-state index is 14.0. The van der Waals surface area contributed by atoms with Crippen LogP contribution in [0.5, 0.6) is 0 Å². The third-order valence-electron chi connectivity index (χ3n) is 9.11. The van der Waals surface area contributed by atoms with Gasteiger partial charge >= 0.3 is 0 Å². The van der Waals surface area contributed by atoms with Crippen LogP contribution < -0.4 is 0 Å². The second-order valence-electron chi connectivity index (χ2n) is 11.7. The van der Waals surface area contributed by atoms with Gasteiger partial charge in [-0.05, 0) is 84.5 Å². The lowest BCUT2D eigenvalue weighted by molar-refractivity contribution is -0.138. The fraction of sp³-hybridized carbons (Fsp3) is 0.371. The number of hydrogen-bond acceptors (Lipinski definition) is 3. The highest BCUT2D eigenvalue weighted by molar-refractivity contribution is 6.42. The molecule has 2 saturated heterocycles. The molecule has 218 valence electrons. The van der Waals surface area contributed by atoms with Gasteiger partial charge in [-0.3, -0.25) is 14.5 Å². The van der Waals surface area contributed by atoms with E-state index in [1.807, 2.05) is 53.1 Å². The number of rotatable bonds is 6. The topological polar surface area (TPSA) is 43.9 Å².